The number of benzene rings is 1. The Kier molecular flexibility index (Phi) is 5.74. The number of rotatable bonds is 4. The SMILES string of the molecule is NC(=S)CN1CCC(NC(=O)c2ccccc2I)CC1. The summed E-state index contributed by atoms with van der Waals surface area (Å²) in [7, 11) is 0. The van der Waals surface area contributed by atoms with Crippen LogP contribution < -0.4 is 11.1 Å². The minimum Gasteiger partial charge on any atom is -0.392 e. The molecule has 0 unspecified atom stereocenters. The number of hydrogen-bond donors (Lipinski definition) is 2. The van der Waals surface area contributed by atoms with Gasteiger partial charge in [-0.1, -0.05) is 24.4 Å². The summed E-state index contributed by atoms with van der Waals surface area (Å²) in [4.78, 5) is 15.0. The summed E-state index contributed by atoms with van der Waals surface area (Å²) >= 11 is 7.11. The normalized spacial score (nSPS) is 16.9. The van der Waals surface area contributed by atoms with Crippen molar-refractivity contribution in [2.24, 2.45) is 5.73 Å². The second-order valence-corrected chi connectivity index (χ2v) is 6.66. The van der Waals surface area contributed by atoms with Crippen LogP contribution >= 0.6 is 34.8 Å². The molecule has 3 N–H and O–H groups in total. The molecule has 0 radical (unpaired) electrons. The van der Waals surface area contributed by atoms with Gasteiger partial charge in [-0.2, -0.15) is 0 Å². The number of likely N-dealkylation sites (tertiary alicyclic amines) is 1. The van der Waals surface area contributed by atoms with E-state index in [4.69, 9.17) is 18.0 Å². The molecule has 0 atom stereocenters. The van der Waals surface area contributed by atoms with Crippen molar-refractivity contribution in [1.82, 2.24) is 10.2 Å². The summed E-state index contributed by atoms with van der Waals surface area (Å²) in [5.74, 6) is 0.0165. The van der Waals surface area contributed by atoms with Crippen molar-refractivity contribution in [2.45, 2.75) is 18.9 Å². The molecular weight excluding hydrogens is 385 g/mol. The first kappa shape index (κ1) is 15.7. The van der Waals surface area contributed by atoms with Crippen LogP contribution in [0.4, 0.5) is 0 Å². The van der Waals surface area contributed by atoms with Crippen molar-refractivity contribution in [3.8, 4) is 0 Å². The van der Waals surface area contributed by atoms with Crippen LogP contribution in [0.15, 0.2) is 24.3 Å². The highest BCUT2D eigenvalue weighted by molar-refractivity contribution is 14.1. The fraction of sp³-hybridized carbons (Fsp3) is 0.429. The minimum atomic E-state index is 0.0165. The lowest BCUT2D eigenvalue weighted by molar-refractivity contribution is 0.0914. The third kappa shape index (κ3) is 4.39. The number of hydrogen-bond acceptors (Lipinski definition) is 3. The molecule has 1 aliphatic rings. The third-order valence-corrected chi connectivity index (χ3v) is 4.49. The summed E-state index contributed by atoms with van der Waals surface area (Å²) in [5.41, 5.74) is 6.30. The van der Waals surface area contributed by atoms with Crippen LogP contribution in [0.1, 0.15) is 23.2 Å². The number of carbonyl (C=O) groups excluding carboxylic acids is 1. The van der Waals surface area contributed by atoms with Gasteiger partial charge in [0.1, 0.15) is 0 Å². The molecule has 2 rings (SSSR count). The summed E-state index contributed by atoms with van der Waals surface area (Å²) in [6.45, 7) is 2.52. The first-order valence-corrected chi connectivity index (χ1v) is 8.11. The Morgan fingerprint density at radius 2 is 2.05 bits per heavy atom. The van der Waals surface area contributed by atoms with Crippen LogP contribution in [0.25, 0.3) is 0 Å². The second-order valence-electron chi connectivity index (χ2n) is 4.97. The van der Waals surface area contributed by atoms with E-state index in [0.29, 0.717) is 11.5 Å². The number of nitrogens with two attached hydrogens (primary N) is 1. The number of thiocarbonyl (C=S) groups is 1. The molecule has 1 fully saturated rings. The minimum absolute atomic E-state index is 0.0165. The average Bonchev–Trinajstić information content (AvgIpc) is 2.41. The van der Waals surface area contributed by atoms with Gasteiger partial charge in [-0.15, -0.1) is 0 Å². The highest BCUT2D eigenvalue weighted by atomic mass is 127. The smallest absolute Gasteiger partial charge is 0.252 e. The van der Waals surface area contributed by atoms with Gasteiger partial charge in [-0.25, -0.2) is 0 Å². The topological polar surface area (TPSA) is 58.4 Å². The Morgan fingerprint density at radius 3 is 2.65 bits per heavy atom. The Labute approximate surface area is 138 Å². The highest BCUT2D eigenvalue weighted by Crippen LogP contribution is 2.14. The fourth-order valence-electron chi connectivity index (χ4n) is 2.36. The number of halogens is 1. The van der Waals surface area contributed by atoms with Gasteiger partial charge >= 0.3 is 0 Å². The van der Waals surface area contributed by atoms with Crippen LogP contribution in [-0.2, 0) is 0 Å². The average molecular weight is 403 g/mol. The fourth-order valence-corrected chi connectivity index (χ4v) is 3.18. The number of piperidine rings is 1. The second kappa shape index (κ2) is 7.33. The van der Waals surface area contributed by atoms with Gasteiger partial charge in [0.15, 0.2) is 0 Å². The molecule has 4 nitrogen and oxygen atoms in total. The van der Waals surface area contributed by atoms with Crippen molar-refractivity contribution in [3.63, 3.8) is 0 Å². The molecule has 1 saturated heterocycles. The molecule has 108 valence electrons. The molecule has 0 aliphatic carbocycles. The Morgan fingerprint density at radius 1 is 1.40 bits per heavy atom. The molecule has 0 bridgehead atoms. The molecule has 6 heteroatoms. The van der Waals surface area contributed by atoms with Crippen molar-refractivity contribution in [2.75, 3.05) is 19.6 Å². The number of carbonyl (C=O) groups is 1. The van der Waals surface area contributed by atoms with Gasteiger partial charge in [0, 0.05) is 29.2 Å². The maximum atomic E-state index is 12.2. The van der Waals surface area contributed by atoms with Crippen molar-refractivity contribution in [3.05, 3.63) is 33.4 Å². The molecular formula is C14H18IN3OS. The molecule has 0 aromatic heterocycles. The van der Waals surface area contributed by atoms with E-state index in [0.717, 1.165) is 35.1 Å². The molecule has 1 aliphatic heterocycles. The largest absolute Gasteiger partial charge is 0.392 e. The third-order valence-electron chi connectivity index (χ3n) is 3.42. The molecule has 0 saturated carbocycles. The molecule has 1 amide bonds. The predicted molar refractivity (Wildman–Crippen MR) is 92.9 cm³/mol. The number of amides is 1. The van der Waals surface area contributed by atoms with Gasteiger partial charge < -0.3 is 11.1 Å². The van der Waals surface area contributed by atoms with E-state index in [1.54, 1.807) is 0 Å². The van der Waals surface area contributed by atoms with E-state index in [2.05, 4.69) is 32.8 Å². The summed E-state index contributed by atoms with van der Waals surface area (Å²) in [5, 5.41) is 3.12. The van der Waals surface area contributed by atoms with Crippen molar-refractivity contribution >= 4 is 45.7 Å². The Hall–Kier alpha value is -0.730. The van der Waals surface area contributed by atoms with E-state index in [1.807, 2.05) is 24.3 Å². The predicted octanol–water partition coefficient (Wildman–Crippen LogP) is 1.77. The van der Waals surface area contributed by atoms with Gasteiger partial charge in [0.2, 0.25) is 0 Å². The zero-order chi connectivity index (χ0) is 14.5. The van der Waals surface area contributed by atoms with E-state index in [9.17, 15) is 4.79 Å². The molecule has 1 aromatic rings. The van der Waals surface area contributed by atoms with Crippen LogP contribution in [0.2, 0.25) is 0 Å². The quantitative estimate of drug-likeness (QED) is 0.595. The lowest BCUT2D eigenvalue weighted by atomic mass is 10.0. The maximum Gasteiger partial charge on any atom is 0.252 e. The molecule has 1 heterocycles. The van der Waals surface area contributed by atoms with E-state index >= 15 is 0 Å². The van der Waals surface area contributed by atoms with E-state index < -0.39 is 0 Å². The Bertz CT molecular complexity index is 501. The standard InChI is InChI=1S/C14H18IN3OS/c15-12-4-2-1-3-11(12)14(19)17-10-5-7-18(8-6-10)9-13(16)20/h1-4,10H,5-9H2,(H2,16,20)(H,17,19). The first-order chi connectivity index (χ1) is 9.56. The monoisotopic (exact) mass is 403 g/mol. The van der Waals surface area contributed by atoms with Crippen molar-refractivity contribution < 1.29 is 4.79 Å². The Balaban J connectivity index is 1.85. The van der Waals surface area contributed by atoms with Gasteiger partial charge in [-0.3, -0.25) is 9.69 Å². The van der Waals surface area contributed by atoms with Gasteiger partial charge in [0.05, 0.1) is 10.6 Å². The summed E-state index contributed by atoms with van der Waals surface area (Å²) in [6, 6.07) is 7.87. The van der Waals surface area contributed by atoms with Crippen molar-refractivity contribution in [1.29, 1.82) is 0 Å². The zero-order valence-electron chi connectivity index (χ0n) is 11.1. The van der Waals surface area contributed by atoms with Gasteiger partial charge in [-0.05, 0) is 47.6 Å². The summed E-state index contributed by atoms with van der Waals surface area (Å²) in [6.07, 6.45) is 1.88. The molecule has 1 aromatic carbocycles. The lowest BCUT2D eigenvalue weighted by Gasteiger charge is -2.32. The summed E-state index contributed by atoms with van der Waals surface area (Å²) < 4.78 is 0.980. The number of nitrogens with zero attached hydrogens (tertiary/aromatic N) is 1. The number of nitrogens with one attached hydrogen (secondary N) is 1. The van der Waals surface area contributed by atoms with Crippen LogP contribution in [0.5, 0.6) is 0 Å². The lowest BCUT2D eigenvalue weighted by Crippen LogP contribution is -2.46. The van der Waals surface area contributed by atoms with Crippen LogP contribution in [-0.4, -0.2) is 41.5 Å². The van der Waals surface area contributed by atoms with E-state index in [1.165, 1.54) is 0 Å². The highest BCUT2D eigenvalue weighted by Gasteiger charge is 2.21. The first-order valence-electron chi connectivity index (χ1n) is 6.62. The molecule has 20 heavy (non-hydrogen) atoms. The zero-order valence-corrected chi connectivity index (χ0v) is 14.1. The van der Waals surface area contributed by atoms with E-state index in [-0.39, 0.29) is 11.9 Å². The van der Waals surface area contributed by atoms with Crippen LogP contribution in [0, 0.1) is 3.57 Å². The van der Waals surface area contributed by atoms with Gasteiger partial charge in [0.25, 0.3) is 5.91 Å². The molecule has 0 spiro atoms. The maximum absolute atomic E-state index is 12.2. The van der Waals surface area contributed by atoms with Crippen LogP contribution in [0.3, 0.4) is 0 Å².